The Morgan fingerprint density at radius 2 is 1.86 bits per heavy atom. The van der Waals surface area contributed by atoms with E-state index in [0.717, 1.165) is 16.8 Å². The Hall–Kier alpha value is -2.08. The van der Waals surface area contributed by atoms with E-state index < -0.39 is 12.3 Å². The van der Waals surface area contributed by atoms with Gasteiger partial charge in [-0.1, -0.05) is 47.5 Å². The number of hydrazine groups is 1. The molecule has 4 N–H and O–H groups in total. The topological polar surface area (TPSA) is 65.2 Å². The Balaban J connectivity index is 1.65. The summed E-state index contributed by atoms with van der Waals surface area (Å²) in [5.74, 6) is -0.0952. The van der Waals surface area contributed by atoms with Crippen LogP contribution in [0.2, 0.25) is 5.02 Å². The molecule has 0 radical (unpaired) electrons. The smallest absolute Gasteiger partial charge is 0.245 e. The number of hydrogen-bond acceptors (Lipinski definition) is 4. The van der Waals surface area contributed by atoms with Crippen molar-refractivity contribution in [3.63, 3.8) is 0 Å². The summed E-state index contributed by atoms with van der Waals surface area (Å²) in [6, 6.07) is 14.8. The molecule has 2 aromatic carbocycles. The van der Waals surface area contributed by atoms with Gasteiger partial charge in [0.25, 0.3) is 0 Å². The van der Waals surface area contributed by atoms with Crippen LogP contribution in [0.3, 0.4) is 0 Å². The number of carbonyl (C=O) groups is 1. The SMILES string of the molecule is Cc1ccc(C2NNC(Nc3cccc(Cl)c3)NC2=O)cc1. The second kappa shape index (κ2) is 6.36. The molecule has 2 atom stereocenters. The van der Waals surface area contributed by atoms with Crippen LogP contribution in [0, 0.1) is 6.92 Å². The molecular formula is C16H17ClN4O. The molecule has 6 heteroatoms. The van der Waals surface area contributed by atoms with E-state index in [2.05, 4.69) is 21.5 Å². The number of anilines is 1. The maximum Gasteiger partial charge on any atom is 0.245 e. The molecule has 1 amide bonds. The first-order valence-corrected chi connectivity index (χ1v) is 7.40. The van der Waals surface area contributed by atoms with Gasteiger partial charge in [0.1, 0.15) is 6.04 Å². The van der Waals surface area contributed by atoms with Crippen LogP contribution in [0.25, 0.3) is 0 Å². The van der Waals surface area contributed by atoms with Crippen LogP contribution in [-0.2, 0) is 4.79 Å². The third-order valence-electron chi connectivity index (χ3n) is 3.47. The fourth-order valence-corrected chi connectivity index (χ4v) is 2.49. The molecule has 1 aliphatic rings. The summed E-state index contributed by atoms with van der Waals surface area (Å²) in [6.45, 7) is 2.02. The number of amides is 1. The zero-order valence-electron chi connectivity index (χ0n) is 12.1. The van der Waals surface area contributed by atoms with E-state index in [4.69, 9.17) is 11.6 Å². The standard InChI is InChI=1S/C16H17ClN4O/c1-10-5-7-11(8-6-10)14-15(22)19-16(21-20-14)18-13-4-2-3-12(17)9-13/h2-9,14,16,18,20-21H,1H3,(H,19,22). The maximum absolute atomic E-state index is 12.3. The summed E-state index contributed by atoms with van der Waals surface area (Å²) in [6.07, 6.45) is -0.410. The van der Waals surface area contributed by atoms with Crippen molar-refractivity contribution in [2.45, 2.75) is 19.3 Å². The number of carbonyl (C=O) groups excluding carboxylic acids is 1. The van der Waals surface area contributed by atoms with Gasteiger partial charge in [0.05, 0.1) is 0 Å². The maximum atomic E-state index is 12.3. The highest BCUT2D eigenvalue weighted by atomic mass is 35.5. The Morgan fingerprint density at radius 3 is 2.55 bits per heavy atom. The number of aryl methyl sites for hydroxylation is 1. The second-order valence-corrected chi connectivity index (χ2v) is 5.67. The molecule has 0 bridgehead atoms. The zero-order valence-corrected chi connectivity index (χ0v) is 12.8. The molecule has 2 unspecified atom stereocenters. The lowest BCUT2D eigenvalue weighted by molar-refractivity contribution is -0.126. The van der Waals surface area contributed by atoms with Gasteiger partial charge in [0.15, 0.2) is 6.29 Å². The van der Waals surface area contributed by atoms with Crippen molar-refractivity contribution < 1.29 is 4.79 Å². The molecule has 0 spiro atoms. The van der Waals surface area contributed by atoms with Crippen LogP contribution in [-0.4, -0.2) is 12.2 Å². The first kappa shape index (κ1) is 14.8. The summed E-state index contributed by atoms with van der Waals surface area (Å²) in [5.41, 5.74) is 8.97. The van der Waals surface area contributed by atoms with Crippen molar-refractivity contribution in [3.05, 3.63) is 64.7 Å². The van der Waals surface area contributed by atoms with Gasteiger partial charge >= 0.3 is 0 Å². The first-order valence-electron chi connectivity index (χ1n) is 7.02. The van der Waals surface area contributed by atoms with Gasteiger partial charge < -0.3 is 10.6 Å². The Morgan fingerprint density at radius 1 is 1.09 bits per heavy atom. The summed E-state index contributed by atoms with van der Waals surface area (Å²) in [7, 11) is 0. The lowest BCUT2D eigenvalue weighted by Gasteiger charge is -2.32. The monoisotopic (exact) mass is 316 g/mol. The average Bonchev–Trinajstić information content (AvgIpc) is 2.49. The minimum Gasteiger partial charge on any atom is -0.352 e. The van der Waals surface area contributed by atoms with Gasteiger partial charge in [-0.25, -0.2) is 10.9 Å². The summed E-state index contributed by atoms with van der Waals surface area (Å²) in [5, 5.41) is 6.66. The molecular weight excluding hydrogens is 300 g/mol. The molecule has 0 saturated carbocycles. The van der Waals surface area contributed by atoms with Crippen LogP contribution >= 0.6 is 11.6 Å². The number of halogens is 1. The predicted octanol–water partition coefficient (Wildman–Crippen LogP) is 2.31. The van der Waals surface area contributed by atoms with Gasteiger partial charge in [0, 0.05) is 10.7 Å². The van der Waals surface area contributed by atoms with Crippen molar-refractivity contribution in [3.8, 4) is 0 Å². The molecule has 1 aliphatic heterocycles. The first-order chi connectivity index (χ1) is 10.6. The van der Waals surface area contributed by atoms with E-state index in [-0.39, 0.29) is 5.91 Å². The minimum atomic E-state index is -0.419. The van der Waals surface area contributed by atoms with Crippen molar-refractivity contribution in [2.24, 2.45) is 0 Å². The van der Waals surface area contributed by atoms with E-state index >= 15 is 0 Å². The highest BCUT2D eigenvalue weighted by Gasteiger charge is 2.28. The third-order valence-corrected chi connectivity index (χ3v) is 3.70. The molecule has 3 rings (SSSR count). The van der Waals surface area contributed by atoms with E-state index in [1.807, 2.05) is 43.3 Å². The lowest BCUT2D eigenvalue weighted by atomic mass is 10.0. The van der Waals surface area contributed by atoms with Crippen LogP contribution < -0.4 is 21.5 Å². The predicted molar refractivity (Wildman–Crippen MR) is 87.2 cm³/mol. The Kier molecular flexibility index (Phi) is 4.29. The molecule has 2 aromatic rings. The lowest BCUT2D eigenvalue weighted by Crippen LogP contribution is -2.64. The zero-order chi connectivity index (χ0) is 15.5. The molecule has 5 nitrogen and oxygen atoms in total. The normalized spacial score (nSPS) is 21.3. The van der Waals surface area contributed by atoms with Gasteiger partial charge in [-0.3, -0.25) is 4.79 Å². The van der Waals surface area contributed by atoms with E-state index in [1.54, 1.807) is 12.1 Å². The highest BCUT2D eigenvalue weighted by Crippen LogP contribution is 2.18. The van der Waals surface area contributed by atoms with E-state index in [1.165, 1.54) is 0 Å². The van der Waals surface area contributed by atoms with Crippen LogP contribution in [0.1, 0.15) is 17.2 Å². The average molecular weight is 317 g/mol. The van der Waals surface area contributed by atoms with Crippen LogP contribution in [0.4, 0.5) is 5.69 Å². The van der Waals surface area contributed by atoms with Gasteiger partial charge in [-0.2, -0.15) is 0 Å². The van der Waals surface area contributed by atoms with E-state index in [0.29, 0.717) is 5.02 Å². The summed E-state index contributed by atoms with van der Waals surface area (Å²) >= 11 is 5.94. The Bertz CT molecular complexity index is 674. The van der Waals surface area contributed by atoms with Crippen LogP contribution in [0.5, 0.6) is 0 Å². The number of nitrogens with one attached hydrogen (secondary N) is 4. The van der Waals surface area contributed by atoms with E-state index in [9.17, 15) is 4.79 Å². The van der Waals surface area contributed by atoms with Gasteiger partial charge in [-0.05, 0) is 30.7 Å². The van der Waals surface area contributed by atoms with Crippen molar-refractivity contribution in [2.75, 3.05) is 5.32 Å². The molecule has 1 heterocycles. The van der Waals surface area contributed by atoms with Crippen LogP contribution in [0.15, 0.2) is 48.5 Å². The highest BCUT2D eigenvalue weighted by molar-refractivity contribution is 6.30. The molecule has 22 heavy (non-hydrogen) atoms. The molecule has 0 aromatic heterocycles. The quantitative estimate of drug-likeness (QED) is 0.701. The summed E-state index contributed by atoms with van der Waals surface area (Å²) in [4.78, 5) is 12.3. The van der Waals surface area contributed by atoms with Gasteiger partial charge in [-0.15, -0.1) is 0 Å². The minimum absolute atomic E-state index is 0.0952. The van der Waals surface area contributed by atoms with Crippen molar-refractivity contribution in [1.29, 1.82) is 0 Å². The van der Waals surface area contributed by atoms with Crippen molar-refractivity contribution in [1.82, 2.24) is 16.2 Å². The fraction of sp³-hybridized carbons (Fsp3) is 0.188. The van der Waals surface area contributed by atoms with Gasteiger partial charge in [0.2, 0.25) is 5.91 Å². The van der Waals surface area contributed by atoms with Crippen molar-refractivity contribution >= 4 is 23.2 Å². The molecule has 1 fully saturated rings. The molecule has 0 aliphatic carbocycles. The molecule has 1 saturated heterocycles. The largest absolute Gasteiger partial charge is 0.352 e. The Labute approximate surface area is 134 Å². The number of benzene rings is 2. The summed E-state index contributed by atoms with van der Waals surface area (Å²) < 4.78 is 0. The number of hydrogen-bond donors (Lipinski definition) is 4. The fourth-order valence-electron chi connectivity index (χ4n) is 2.30. The number of rotatable bonds is 3. The second-order valence-electron chi connectivity index (χ2n) is 5.23. The third kappa shape index (κ3) is 3.39. The molecule has 114 valence electrons.